The first kappa shape index (κ1) is 11.5. The van der Waals surface area contributed by atoms with Crippen molar-refractivity contribution in [2.75, 3.05) is 6.54 Å². The Morgan fingerprint density at radius 2 is 2.00 bits per heavy atom. The minimum absolute atomic E-state index is 0.357. The third-order valence-corrected chi connectivity index (χ3v) is 3.02. The second-order valence-corrected chi connectivity index (χ2v) is 4.48. The summed E-state index contributed by atoms with van der Waals surface area (Å²) >= 11 is 0. The summed E-state index contributed by atoms with van der Waals surface area (Å²) in [6, 6.07) is 4.34. The maximum Gasteiger partial charge on any atom is 0.159 e. The van der Waals surface area contributed by atoms with Crippen LogP contribution >= 0.6 is 0 Å². The first-order valence-electron chi connectivity index (χ1n) is 5.55. The standard InChI is InChI=1S/C12H16F2N2/c13-11-2-1-8(5-12(11)14)6-16-7-9-3-10(15)4-9/h1-2,5,9-10,16H,3-4,6-7,15H2. The van der Waals surface area contributed by atoms with E-state index in [1.807, 2.05) is 0 Å². The molecule has 0 unspecified atom stereocenters. The number of nitrogens with one attached hydrogen (secondary N) is 1. The van der Waals surface area contributed by atoms with Gasteiger partial charge in [-0.1, -0.05) is 6.07 Å². The van der Waals surface area contributed by atoms with Crippen molar-refractivity contribution in [3.05, 3.63) is 35.4 Å². The molecule has 0 aliphatic heterocycles. The lowest BCUT2D eigenvalue weighted by Gasteiger charge is -2.32. The van der Waals surface area contributed by atoms with E-state index in [4.69, 9.17) is 5.73 Å². The van der Waals surface area contributed by atoms with Crippen molar-refractivity contribution in [3.8, 4) is 0 Å². The van der Waals surface area contributed by atoms with E-state index in [2.05, 4.69) is 5.32 Å². The molecule has 0 atom stereocenters. The molecule has 1 aliphatic rings. The van der Waals surface area contributed by atoms with Crippen LogP contribution in [0.1, 0.15) is 18.4 Å². The molecule has 1 aromatic rings. The number of halogens is 2. The number of hydrogen-bond donors (Lipinski definition) is 2. The van der Waals surface area contributed by atoms with Crippen molar-refractivity contribution in [2.24, 2.45) is 11.7 Å². The first-order valence-corrected chi connectivity index (χ1v) is 5.55. The Labute approximate surface area is 93.8 Å². The van der Waals surface area contributed by atoms with Crippen molar-refractivity contribution in [1.82, 2.24) is 5.32 Å². The molecule has 1 saturated carbocycles. The Morgan fingerprint density at radius 1 is 1.25 bits per heavy atom. The molecular weight excluding hydrogens is 210 g/mol. The van der Waals surface area contributed by atoms with Gasteiger partial charge in [0.1, 0.15) is 0 Å². The summed E-state index contributed by atoms with van der Waals surface area (Å²) < 4.78 is 25.5. The summed E-state index contributed by atoms with van der Waals surface area (Å²) in [6.07, 6.45) is 2.12. The topological polar surface area (TPSA) is 38.0 Å². The highest BCUT2D eigenvalue weighted by Gasteiger charge is 2.24. The Balaban J connectivity index is 1.74. The van der Waals surface area contributed by atoms with Crippen LogP contribution in [0.5, 0.6) is 0 Å². The monoisotopic (exact) mass is 226 g/mol. The zero-order valence-electron chi connectivity index (χ0n) is 9.05. The fraction of sp³-hybridized carbons (Fsp3) is 0.500. The van der Waals surface area contributed by atoms with Crippen LogP contribution in [0, 0.1) is 17.6 Å². The van der Waals surface area contributed by atoms with Crippen LogP contribution in [0.4, 0.5) is 8.78 Å². The molecule has 1 aliphatic carbocycles. The lowest BCUT2D eigenvalue weighted by molar-refractivity contribution is 0.256. The van der Waals surface area contributed by atoms with Crippen LogP contribution in [0.3, 0.4) is 0 Å². The average molecular weight is 226 g/mol. The molecule has 0 heterocycles. The van der Waals surface area contributed by atoms with Gasteiger partial charge in [0.25, 0.3) is 0 Å². The van der Waals surface area contributed by atoms with E-state index in [1.54, 1.807) is 6.07 Å². The quantitative estimate of drug-likeness (QED) is 0.821. The Kier molecular flexibility index (Phi) is 3.51. The molecule has 2 nitrogen and oxygen atoms in total. The summed E-state index contributed by atoms with van der Waals surface area (Å²) in [5.74, 6) is -0.945. The van der Waals surface area contributed by atoms with Gasteiger partial charge in [-0.15, -0.1) is 0 Å². The third kappa shape index (κ3) is 2.77. The van der Waals surface area contributed by atoms with Gasteiger partial charge in [-0.25, -0.2) is 8.78 Å². The lowest BCUT2D eigenvalue weighted by atomic mass is 9.81. The van der Waals surface area contributed by atoms with Crippen molar-refractivity contribution < 1.29 is 8.78 Å². The van der Waals surface area contributed by atoms with E-state index >= 15 is 0 Å². The van der Waals surface area contributed by atoms with Crippen LogP contribution < -0.4 is 11.1 Å². The molecule has 2 rings (SSSR count). The van der Waals surface area contributed by atoms with Crippen molar-refractivity contribution >= 4 is 0 Å². The van der Waals surface area contributed by atoms with Gasteiger partial charge in [-0.05, 0) is 43.0 Å². The predicted molar refractivity (Wildman–Crippen MR) is 58.8 cm³/mol. The van der Waals surface area contributed by atoms with Gasteiger partial charge in [0.05, 0.1) is 0 Å². The second kappa shape index (κ2) is 4.89. The van der Waals surface area contributed by atoms with E-state index in [0.717, 1.165) is 31.0 Å². The molecule has 16 heavy (non-hydrogen) atoms. The second-order valence-electron chi connectivity index (χ2n) is 4.48. The van der Waals surface area contributed by atoms with Crippen LogP contribution in [0.15, 0.2) is 18.2 Å². The van der Waals surface area contributed by atoms with E-state index in [1.165, 1.54) is 6.07 Å². The molecule has 1 fully saturated rings. The van der Waals surface area contributed by atoms with Crippen LogP contribution in [-0.4, -0.2) is 12.6 Å². The molecular formula is C12H16F2N2. The maximum atomic E-state index is 12.9. The van der Waals surface area contributed by atoms with Gasteiger partial charge >= 0.3 is 0 Å². The third-order valence-electron chi connectivity index (χ3n) is 3.02. The van der Waals surface area contributed by atoms with Crippen LogP contribution in [0.25, 0.3) is 0 Å². The largest absolute Gasteiger partial charge is 0.328 e. The highest BCUT2D eigenvalue weighted by molar-refractivity contribution is 5.17. The smallest absolute Gasteiger partial charge is 0.159 e. The number of benzene rings is 1. The molecule has 4 heteroatoms. The Morgan fingerprint density at radius 3 is 2.62 bits per heavy atom. The summed E-state index contributed by atoms with van der Waals surface area (Å²) in [7, 11) is 0. The maximum absolute atomic E-state index is 12.9. The summed E-state index contributed by atoms with van der Waals surface area (Å²) in [5.41, 5.74) is 6.44. The van der Waals surface area contributed by atoms with Gasteiger partial charge in [0.2, 0.25) is 0 Å². The SMILES string of the molecule is NC1CC(CNCc2ccc(F)c(F)c2)C1. The Bertz CT molecular complexity index is 362. The molecule has 1 aromatic carbocycles. The van der Waals surface area contributed by atoms with E-state index in [9.17, 15) is 8.78 Å². The minimum atomic E-state index is -0.797. The van der Waals surface area contributed by atoms with Gasteiger partial charge in [-0.3, -0.25) is 0 Å². The molecule has 0 amide bonds. The van der Waals surface area contributed by atoms with Crippen LogP contribution in [0.2, 0.25) is 0 Å². The van der Waals surface area contributed by atoms with Gasteiger partial charge < -0.3 is 11.1 Å². The molecule has 0 saturated heterocycles. The number of hydrogen-bond acceptors (Lipinski definition) is 2. The highest BCUT2D eigenvalue weighted by Crippen LogP contribution is 2.24. The lowest BCUT2D eigenvalue weighted by Crippen LogP contribution is -2.41. The number of rotatable bonds is 4. The van der Waals surface area contributed by atoms with E-state index < -0.39 is 11.6 Å². The van der Waals surface area contributed by atoms with Gasteiger partial charge in [0.15, 0.2) is 11.6 Å². The zero-order valence-corrected chi connectivity index (χ0v) is 9.05. The van der Waals surface area contributed by atoms with Crippen LogP contribution in [-0.2, 0) is 6.54 Å². The van der Waals surface area contributed by atoms with E-state index in [0.29, 0.717) is 18.5 Å². The first-order chi connectivity index (χ1) is 7.65. The fourth-order valence-electron chi connectivity index (χ4n) is 2.02. The predicted octanol–water partition coefficient (Wildman–Crippen LogP) is 1.79. The normalized spacial score (nSPS) is 24.2. The highest BCUT2D eigenvalue weighted by atomic mass is 19.2. The molecule has 88 valence electrons. The molecule has 0 spiro atoms. The average Bonchev–Trinajstić information content (AvgIpc) is 2.21. The zero-order chi connectivity index (χ0) is 11.5. The van der Waals surface area contributed by atoms with Crippen molar-refractivity contribution in [1.29, 1.82) is 0 Å². The molecule has 3 N–H and O–H groups in total. The van der Waals surface area contributed by atoms with Gasteiger partial charge in [-0.2, -0.15) is 0 Å². The van der Waals surface area contributed by atoms with Crippen molar-refractivity contribution in [2.45, 2.75) is 25.4 Å². The summed E-state index contributed by atoms with van der Waals surface area (Å²) in [6.45, 7) is 1.47. The van der Waals surface area contributed by atoms with E-state index in [-0.39, 0.29) is 0 Å². The summed E-state index contributed by atoms with van der Waals surface area (Å²) in [4.78, 5) is 0. The molecule has 0 bridgehead atoms. The fourth-order valence-corrected chi connectivity index (χ4v) is 2.02. The number of nitrogens with two attached hydrogens (primary N) is 1. The van der Waals surface area contributed by atoms with Crippen molar-refractivity contribution in [3.63, 3.8) is 0 Å². The Hall–Kier alpha value is -1.00. The molecule has 0 aromatic heterocycles. The minimum Gasteiger partial charge on any atom is -0.328 e. The summed E-state index contributed by atoms with van der Waals surface area (Å²) in [5, 5.41) is 3.23. The van der Waals surface area contributed by atoms with Gasteiger partial charge in [0, 0.05) is 12.6 Å². The molecule has 0 radical (unpaired) electrons.